The maximum Gasteiger partial charge on any atom is 0.268 e. The Morgan fingerprint density at radius 2 is 1.68 bits per heavy atom. The largest absolute Gasteiger partial charge is 0.360 e. The minimum Gasteiger partial charge on any atom is -0.360 e. The van der Waals surface area contributed by atoms with Crippen LogP contribution in [-0.4, -0.2) is 19.3 Å². The second kappa shape index (κ2) is 7.77. The summed E-state index contributed by atoms with van der Waals surface area (Å²) < 4.78 is 25.0. The molecule has 0 spiro atoms. The van der Waals surface area contributed by atoms with Gasteiger partial charge in [0, 0.05) is 17.1 Å². The molecule has 1 fully saturated rings. The Hall–Kier alpha value is -2.64. The first-order chi connectivity index (χ1) is 13.5. The van der Waals surface area contributed by atoms with Gasteiger partial charge in [-0.05, 0) is 42.5 Å². The van der Waals surface area contributed by atoms with E-state index in [2.05, 4.69) is 15.2 Å². The number of benzene rings is 2. The van der Waals surface area contributed by atoms with Crippen LogP contribution in [-0.2, 0) is 10.0 Å². The van der Waals surface area contributed by atoms with Gasteiger partial charge < -0.3 is 4.98 Å². The van der Waals surface area contributed by atoms with E-state index < -0.39 is 15.9 Å². The summed E-state index contributed by atoms with van der Waals surface area (Å²) >= 11 is 0. The third kappa shape index (κ3) is 3.81. The molecule has 1 amide bonds. The predicted octanol–water partition coefficient (Wildman–Crippen LogP) is 3.84. The number of hydrazine groups is 1. The third-order valence-corrected chi connectivity index (χ3v) is 6.66. The van der Waals surface area contributed by atoms with Crippen molar-refractivity contribution in [3.05, 3.63) is 65.9 Å². The van der Waals surface area contributed by atoms with Crippen LogP contribution < -0.4 is 10.3 Å². The topological polar surface area (TPSA) is 91.1 Å². The molecule has 0 saturated heterocycles. The van der Waals surface area contributed by atoms with Crippen LogP contribution in [0.4, 0.5) is 0 Å². The highest BCUT2D eigenvalue weighted by Gasteiger charge is 2.19. The number of amides is 1. The molecule has 1 heterocycles. The fourth-order valence-electron chi connectivity index (χ4n) is 3.85. The van der Waals surface area contributed by atoms with Crippen LogP contribution in [0.25, 0.3) is 10.9 Å². The van der Waals surface area contributed by atoms with Gasteiger partial charge in [-0.2, -0.15) is 0 Å². The Kier molecular flexibility index (Phi) is 5.19. The molecule has 1 saturated carbocycles. The van der Waals surface area contributed by atoms with Gasteiger partial charge in [-0.25, -0.2) is 8.42 Å². The molecule has 0 atom stereocenters. The highest BCUT2D eigenvalue weighted by molar-refractivity contribution is 7.89. The standard InChI is InChI=1S/C21H23N3O3S/c25-21(19-14-22-20-9-5-4-8-18(19)20)23-24-28(26,27)17-12-10-16(11-13-17)15-6-2-1-3-7-15/h4-5,8-15,22,24H,1-3,6-7H2,(H,23,25). The number of carbonyl (C=O) groups excluding carboxylic acids is 1. The smallest absolute Gasteiger partial charge is 0.268 e. The molecule has 1 aliphatic carbocycles. The number of rotatable bonds is 5. The number of fused-ring (bicyclic) bond motifs is 1. The number of carbonyl (C=O) groups is 1. The van der Waals surface area contributed by atoms with Gasteiger partial charge >= 0.3 is 0 Å². The summed E-state index contributed by atoms with van der Waals surface area (Å²) in [6.45, 7) is 0. The van der Waals surface area contributed by atoms with Gasteiger partial charge in [-0.3, -0.25) is 10.2 Å². The number of sulfonamides is 1. The summed E-state index contributed by atoms with van der Waals surface area (Å²) in [5, 5.41) is 0.732. The van der Waals surface area contributed by atoms with Crippen LogP contribution in [0.5, 0.6) is 0 Å². The van der Waals surface area contributed by atoms with Crippen LogP contribution in [0, 0.1) is 0 Å². The van der Waals surface area contributed by atoms with Gasteiger partial charge in [0.1, 0.15) is 0 Å². The molecule has 3 N–H and O–H groups in total. The molecular formula is C21H23N3O3S. The normalized spacial score (nSPS) is 15.6. The molecule has 146 valence electrons. The minimum absolute atomic E-state index is 0.131. The zero-order chi connectivity index (χ0) is 19.6. The van der Waals surface area contributed by atoms with E-state index in [-0.39, 0.29) is 4.90 Å². The van der Waals surface area contributed by atoms with Crippen LogP contribution >= 0.6 is 0 Å². The second-order valence-corrected chi connectivity index (χ2v) is 8.89. The van der Waals surface area contributed by atoms with E-state index in [1.807, 2.05) is 30.3 Å². The number of hydrogen-bond donors (Lipinski definition) is 3. The zero-order valence-electron chi connectivity index (χ0n) is 15.4. The molecule has 0 aliphatic heterocycles. The van der Waals surface area contributed by atoms with E-state index in [0.717, 1.165) is 23.7 Å². The molecular weight excluding hydrogens is 374 g/mol. The molecule has 4 rings (SSSR count). The molecule has 0 radical (unpaired) electrons. The summed E-state index contributed by atoms with van der Waals surface area (Å²) in [6, 6.07) is 14.3. The average molecular weight is 398 g/mol. The van der Waals surface area contributed by atoms with E-state index in [0.29, 0.717) is 11.5 Å². The maximum atomic E-state index is 12.5. The number of nitrogens with one attached hydrogen (secondary N) is 3. The van der Waals surface area contributed by atoms with Crippen molar-refractivity contribution < 1.29 is 13.2 Å². The Bertz CT molecular complexity index is 1080. The molecule has 28 heavy (non-hydrogen) atoms. The lowest BCUT2D eigenvalue weighted by Crippen LogP contribution is -2.41. The lowest BCUT2D eigenvalue weighted by atomic mass is 9.84. The fourth-order valence-corrected chi connectivity index (χ4v) is 4.69. The highest BCUT2D eigenvalue weighted by atomic mass is 32.2. The molecule has 0 bridgehead atoms. The van der Waals surface area contributed by atoms with Crippen molar-refractivity contribution in [1.82, 2.24) is 15.2 Å². The van der Waals surface area contributed by atoms with Crippen molar-refractivity contribution in [2.24, 2.45) is 0 Å². The van der Waals surface area contributed by atoms with Crippen LogP contribution in [0.3, 0.4) is 0 Å². The summed E-state index contributed by atoms with van der Waals surface area (Å²) in [5.74, 6) is -0.000103. The van der Waals surface area contributed by atoms with Gasteiger partial charge in [0.25, 0.3) is 15.9 Å². The molecule has 2 aromatic carbocycles. The lowest BCUT2D eigenvalue weighted by molar-refractivity contribution is 0.0947. The van der Waals surface area contributed by atoms with Crippen LogP contribution in [0.1, 0.15) is 53.9 Å². The van der Waals surface area contributed by atoms with Crippen molar-refractivity contribution in [2.75, 3.05) is 0 Å². The summed E-state index contributed by atoms with van der Waals surface area (Å²) in [4.78, 5) is 17.7. The first kappa shape index (κ1) is 18.7. The van der Waals surface area contributed by atoms with Gasteiger partial charge in [0.2, 0.25) is 0 Å². The van der Waals surface area contributed by atoms with Crippen LogP contribution in [0.2, 0.25) is 0 Å². The van der Waals surface area contributed by atoms with E-state index in [4.69, 9.17) is 0 Å². The number of para-hydroxylation sites is 1. The van der Waals surface area contributed by atoms with E-state index in [1.165, 1.54) is 24.8 Å². The fraction of sp³-hybridized carbons (Fsp3) is 0.286. The van der Waals surface area contributed by atoms with Gasteiger partial charge in [0.15, 0.2) is 0 Å². The third-order valence-electron chi connectivity index (χ3n) is 5.40. The molecule has 7 heteroatoms. The highest BCUT2D eigenvalue weighted by Crippen LogP contribution is 2.32. The summed E-state index contributed by atoms with van der Waals surface area (Å²) in [7, 11) is -3.84. The van der Waals surface area contributed by atoms with E-state index >= 15 is 0 Å². The SMILES string of the molecule is O=C(NNS(=O)(=O)c1ccc(C2CCCCC2)cc1)c1c[nH]c2ccccc12. The number of aromatic nitrogens is 1. The summed E-state index contributed by atoms with van der Waals surface area (Å²) in [6.07, 6.45) is 7.62. The average Bonchev–Trinajstić information content (AvgIpc) is 3.17. The Morgan fingerprint density at radius 3 is 2.43 bits per heavy atom. The van der Waals surface area contributed by atoms with Gasteiger partial charge in [-0.1, -0.05) is 49.6 Å². The Labute approximate surface area is 164 Å². The quantitative estimate of drug-likeness (QED) is 0.571. The first-order valence-corrected chi connectivity index (χ1v) is 11.0. The molecule has 1 aromatic heterocycles. The van der Waals surface area contributed by atoms with Crippen molar-refractivity contribution >= 4 is 26.8 Å². The minimum atomic E-state index is -3.84. The summed E-state index contributed by atoms with van der Waals surface area (Å²) in [5.41, 5.74) is 4.67. The number of H-pyrrole nitrogens is 1. The maximum absolute atomic E-state index is 12.5. The number of hydrogen-bond acceptors (Lipinski definition) is 3. The Balaban J connectivity index is 1.44. The van der Waals surface area contributed by atoms with Crippen molar-refractivity contribution in [3.8, 4) is 0 Å². The van der Waals surface area contributed by atoms with Gasteiger partial charge in [-0.15, -0.1) is 4.83 Å². The first-order valence-electron chi connectivity index (χ1n) is 9.53. The lowest BCUT2D eigenvalue weighted by Gasteiger charge is -2.22. The monoisotopic (exact) mass is 397 g/mol. The zero-order valence-corrected chi connectivity index (χ0v) is 16.3. The van der Waals surface area contributed by atoms with Crippen LogP contribution in [0.15, 0.2) is 59.6 Å². The molecule has 6 nitrogen and oxygen atoms in total. The number of aromatic amines is 1. The van der Waals surface area contributed by atoms with E-state index in [9.17, 15) is 13.2 Å². The molecule has 3 aromatic rings. The second-order valence-electron chi connectivity index (χ2n) is 7.21. The van der Waals surface area contributed by atoms with E-state index in [1.54, 1.807) is 24.4 Å². The van der Waals surface area contributed by atoms with Gasteiger partial charge in [0.05, 0.1) is 10.5 Å². The van der Waals surface area contributed by atoms with Crippen molar-refractivity contribution in [1.29, 1.82) is 0 Å². The predicted molar refractivity (Wildman–Crippen MR) is 108 cm³/mol. The van der Waals surface area contributed by atoms with Crippen molar-refractivity contribution in [3.63, 3.8) is 0 Å². The Morgan fingerprint density at radius 1 is 0.964 bits per heavy atom. The molecule has 1 aliphatic rings. The molecule has 0 unspecified atom stereocenters. The van der Waals surface area contributed by atoms with Crippen molar-refractivity contribution in [2.45, 2.75) is 42.9 Å².